The number of rotatable bonds is 31. The second-order valence-corrected chi connectivity index (χ2v) is 17.5. The summed E-state index contributed by atoms with van der Waals surface area (Å²) in [5.74, 6) is -9.48. The molecule has 0 saturated carbocycles. The van der Waals surface area contributed by atoms with Crippen LogP contribution in [0.3, 0.4) is 0 Å². The second-order valence-electron chi connectivity index (χ2n) is 16.2. The number of hydrogen-bond acceptors (Lipinski definition) is 19. The number of nitrogens with one attached hydrogen (secondary N) is 12. The van der Waals surface area contributed by atoms with E-state index in [1.165, 1.54) is 13.8 Å². The number of unbranched alkanes of at least 4 members (excludes halogenated alkanes) is 1. The van der Waals surface area contributed by atoms with Gasteiger partial charge in [-0.3, -0.25) is 47.9 Å². The van der Waals surface area contributed by atoms with Gasteiger partial charge in [-0.15, -0.1) is 0 Å². The molecule has 2 rings (SSSR count). The average Bonchev–Trinajstić information content (AvgIpc) is 3.89. The molecule has 0 aromatic heterocycles. The maximum Gasteiger partial charge on any atom is 0.315 e. The van der Waals surface area contributed by atoms with Crippen molar-refractivity contribution in [2.45, 2.75) is 118 Å². The highest BCUT2D eigenvalue weighted by Crippen LogP contribution is 2.33. The summed E-state index contributed by atoms with van der Waals surface area (Å²) in [5, 5.41) is 95.6. The Hall–Kier alpha value is -5.96. The van der Waals surface area contributed by atoms with Gasteiger partial charge in [0.05, 0.1) is 70.9 Å². The maximum absolute atomic E-state index is 13.2. The molecule has 2 aliphatic rings. The van der Waals surface area contributed by atoms with Crippen LogP contribution in [0, 0.1) is 0 Å². The molecule has 2 fully saturated rings. The van der Waals surface area contributed by atoms with E-state index in [1.54, 1.807) is 11.8 Å². The second kappa shape index (κ2) is 30.6. The summed E-state index contributed by atoms with van der Waals surface area (Å²) in [6.45, 7) is -3.16. The molecule has 19 N–H and O–H groups in total. The molecule has 70 heavy (non-hydrogen) atoms. The minimum absolute atomic E-state index is 0.00762. The molecule has 2 aliphatic heterocycles. The van der Waals surface area contributed by atoms with E-state index in [4.69, 9.17) is 5.11 Å². The smallest absolute Gasteiger partial charge is 0.315 e. The van der Waals surface area contributed by atoms with E-state index in [2.05, 4.69) is 53.2 Å². The molecule has 12 unspecified atom stereocenters. The van der Waals surface area contributed by atoms with Gasteiger partial charge in [-0.05, 0) is 33.6 Å². The molecule has 0 aromatic carbocycles. The molecular weight excluding hydrogens is 957 g/mol. The number of amides is 12. The SMILES string of the molecule is CC(CO)NC(=O)CNC(=O)C(CO)NC(=O)CNC(=O)C(CO)NC(=O)C(CO)NC(=O)C(CO)NC(=O)C(NC(=O)C(C)NC(=O)C(CO)NC(=O)CCCCC1SCC2NC(=O)NC21)C(C)O. The molecule has 12 amide bonds. The van der Waals surface area contributed by atoms with Crippen molar-refractivity contribution in [1.82, 2.24) is 63.8 Å². The summed E-state index contributed by atoms with van der Waals surface area (Å²) < 4.78 is 0. The van der Waals surface area contributed by atoms with Crippen molar-refractivity contribution in [3.8, 4) is 0 Å². The van der Waals surface area contributed by atoms with E-state index >= 15 is 0 Å². The third kappa shape index (κ3) is 19.8. The van der Waals surface area contributed by atoms with Crippen LogP contribution in [0.2, 0.25) is 0 Å². The van der Waals surface area contributed by atoms with Gasteiger partial charge >= 0.3 is 6.03 Å². The zero-order valence-electron chi connectivity index (χ0n) is 38.7. The molecule has 0 aromatic rings. The predicted molar refractivity (Wildman–Crippen MR) is 241 cm³/mol. The van der Waals surface area contributed by atoms with Crippen LogP contribution in [0.4, 0.5) is 4.79 Å². The largest absolute Gasteiger partial charge is 0.394 e. The molecule has 0 bridgehead atoms. The fourth-order valence-corrected chi connectivity index (χ4v) is 8.12. The van der Waals surface area contributed by atoms with Crippen molar-refractivity contribution in [2.24, 2.45) is 0 Å². The molecule has 0 spiro atoms. The standard InChI is InChI=1S/C39H66N12O18S/c1-17(10-52)42-28(60)8-40-33(63)20(11-53)45-29(61)9-41-34(64)21(12-54)46-36(66)23(14-56)47-37(67)24(15-57)48-38(68)30(19(3)58)50-32(62)18(2)43-35(65)22(13-55)44-27(59)7-5-4-6-26-31-25(16-70-26)49-39(69)51-31/h17-26,30-31,52-58H,4-16H2,1-3H3,(H,40,63)(H,41,64)(H,42,60)(H,43,65)(H,44,59)(H,45,61)(H,46,66)(H,47,67)(H,48,68)(H,50,62)(H2,49,51,69). The van der Waals surface area contributed by atoms with Crippen molar-refractivity contribution < 1.29 is 88.5 Å². The lowest BCUT2D eigenvalue weighted by atomic mass is 10.0. The summed E-state index contributed by atoms with van der Waals surface area (Å²) in [6, 6.07) is -12.6. The summed E-state index contributed by atoms with van der Waals surface area (Å²) in [4.78, 5) is 138. The zero-order chi connectivity index (χ0) is 52.7. The molecule has 0 aliphatic carbocycles. The normalized spacial score (nSPS) is 19.7. The molecular formula is C39H66N12O18S. The predicted octanol–water partition coefficient (Wildman–Crippen LogP) is -10.8. The van der Waals surface area contributed by atoms with Gasteiger partial charge in [0.1, 0.15) is 42.3 Å². The Balaban J connectivity index is 1.86. The molecule has 396 valence electrons. The minimum Gasteiger partial charge on any atom is -0.394 e. The van der Waals surface area contributed by atoms with Crippen LogP contribution in [0.15, 0.2) is 0 Å². The van der Waals surface area contributed by atoms with Crippen molar-refractivity contribution in [2.75, 3.05) is 58.5 Å². The van der Waals surface area contributed by atoms with Crippen LogP contribution in [-0.4, -0.2) is 231 Å². The fourth-order valence-electron chi connectivity index (χ4n) is 6.58. The maximum atomic E-state index is 13.2. The van der Waals surface area contributed by atoms with Gasteiger partial charge < -0.3 is 99.5 Å². The third-order valence-corrected chi connectivity index (χ3v) is 12.0. The topological polar surface area (TPSA) is 474 Å². The highest BCUT2D eigenvalue weighted by atomic mass is 32.2. The third-order valence-electron chi connectivity index (χ3n) is 10.5. The van der Waals surface area contributed by atoms with E-state index in [-0.39, 0.29) is 36.4 Å². The van der Waals surface area contributed by atoms with E-state index < -0.39 is 160 Å². The number of hydrogen-bond donors (Lipinski definition) is 19. The summed E-state index contributed by atoms with van der Waals surface area (Å²) in [7, 11) is 0. The first-order valence-corrected chi connectivity index (χ1v) is 23.1. The average molecular weight is 1020 g/mol. The van der Waals surface area contributed by atoms with Crippen LogP contribution in [0.5, 0.6) is 0 Å². The van der Waals surface area contributed by atoms with Crippen LogP contribution in [0.1, 0.15) is 46.5 Å². The number of fused-ring (bicyclic) bond motifs is 1. The van der Waals surface area contributed by atoms with Crippen LogP contribution < -0.4 is 63.8 Å². The van der Waals surface area contributed by atoms with Gasteiger partial charge in [-0.1, -0.05) is 6.42 Å². The van der Waals surface area contributed by atoms with Gasteiger partial charge in [0.25, 0.3) is 0 Å². The van der Waals surface area contributed by atoms with Gasteiger partial charge in [0.15, 0.2) is 0 Å². The zero-order valence-corrected chi connectivity index (χ0v) is 39.5. The molecule has 12 atom stereocenters. The Kier molecular flexibility index (Phi) is 26.3. The van der Waals surface area contributed by atoms with E-state index in [0.717, 1.165) is 19.1 Å². The number of carbonyl (C=O) groups excluding carboxylic acids is 11. The van der Waals surface area contributed by atoms with Crippen molar-refractivity contribution in [3.05, 3.63) is 0 Å². The summed E-state index contributed by atoms with van der Waals surface area (Å²) >= 11 is 1.72. The minimum atomic E-state index is -1.90. The molecule has 2 saturated heterocycles. The first-order chi connectivity index (χ1) is 33.1. The van der Waals surface area contributed by atoms with E-state index in [9.17, 15) is 83.4 Å². The van der Waals surface area contributed by atoms with Crippen molar-refractivity contribution in [1.29, 1.82) is 0 Å². The Morgan fingerprint density at radius 2 is 1.00 bits per heavy atom. The van der Waals surface area contributed by atoms with Crippen molar-refractivity contribution >= 4 is 76.9 Å². The molecule has 31 heteroatoms. The highest BCUT2D eigenvalue weighted by Gasteiger charge is 2.42. The Morgan fingerprint density at radius 1 is 0.543 bits per heavy atom. The number of carbonyl (C=O) groups is 11. The van der Waals surface area contributed by atoms with Crippen molar-refractivity contribution in [3.63, 3.8) is 0 Å². The number of aliphatic hydroxyl groups is 7. The lowest BCUT2D eigenvalue weighted by molar-refractivity contribution is -0.137. The van der Waals surface area contributed by atoms with E-state index in [0.29, 0.717) is 12.8 Å². The van der Waals surface area contributed by atoms with Gasteiger partial charge in [0.2, 0.25) is 59.1 Å². The molecule has 0 radical (unpaired) electrons. The van der Waals surface area contributed by atoms with Gasteiger partial charge in [-0.2, -0.15) is 11.8 Å². The first-order valence-electron chi connectivity index (χ1n) is 22.1. The Bertz CT molecular complexity index is 1850. The van der Waals surface area contributed by atoms with Crippen LogP contribution in [0.25, 0.3) is 0 Å². The Morgan fingerprint density at radius 3 is 1.51 bits per heavy atom. The lowest BCUT2D eigenvalue weighted by Gasteiger charge is -2.26. The van der Waals surface area contributed by atoms with E-state index in [1.807, 2.05) is 10.6 Å². The number of urea groups is 1. The summed E-state index contributed by atoms with van der Waals surface area (Å²) in [5.41, 5.74) is 0. The lowest BCUT2D eigenvalue weighted by Crippen LogP contribution is -2.62. The molecule has 2 heterocycles. The van der Waals surface area contributed by atoms with Gasteiger partial charge in [-0.25, -0.2) is 4.79 Å². The summed E-state index contributed by atoms with van der Waals surface area (Å²) in [6.07, 6.45) is 0.211. The molecule has 30 nitrogen and oxygen atoms in total. The number of thioether (sulfide) groups is 1. The monoisotopic (exact) mass is 1020 g/mol. The Labute approximate surface area is 405 Å². The quantitative estimate of drug-likeness (QED) is 0.0226. The highest BCUT2D eigenvalue weighted by molar-refractivity contribution is 8.00. The first kappa shape index (κ1) is 60.2. The van der Waals surface area contributed by atoms with Crippen LogP contribution >= 0.6 is 11.8 Å². The fraction of sp³-hybridized carbons (Fsp3) is 0.718. The van der Waals surface area contributed by atoms with Crippen LogP contribution in [-0.2, 0) is 47.9 Å². The van der Waals surface area contributed by atoms with Gasteiger partial charge in [0, 0.05) is 23.5 Å². The number of aliphatic hydroxyl groups excluding tert-OH is 7.